The summed E-state index contributed by atoms with van der Waals surface area (Å²) in [6.07, 6.45) is 0. The SMILES string of the molecule is CCNC(=NCC1CN(C)CCN1C)N1CCN(Cc2cccc(Cl)c2)CC1. The Balaban J connectivity index is 1.53. The van der Waals surface area contributed by atoms with Gasteiger partial charge in [-0.05, 0) is 38.7 Å². The van der Waals surface area contributed by atoms with Crippen LogP contribution in [0.2, 0.25) is 5.02 Å². The minimum Gasteiger partial charge on any atom is -0.357 e. The average Bonchev–Trinajstić information content (AvgIpc) is 2.68. The lowest BCUT2D eigenvalue weighted by atomic mass is 10.2. The molecule has 1 aromatic carbocycles. The van der Waals surface area contributed by atoms with Crippen LogP contribution in [0.25, 0.3) is 0 Å². The number of likely N-dealkylation sites (N-methyl/N-ethyl adjacent to an activating group) is 2. The maximum atomic E-state index is 6.12. The first-order valence-electron chi connectivity index (χ1n) is 10.4. The van der Waals surface area contributed by atoms with E-state index < -0.39 is 0 Å². The van der Waals surface area contributed by atoms with E-state index in [0.717, 1.165) is 76.4 Å². The Kier molecular flexibility index (Phi) is 7.97. The summed E-state index contributed by atoms with van der Waals surface area (Å²) in [7, 11) is 4.42. The molecule has 1 atom stereocenters. The van der Waals surface area contributed by atoms with Gasteiger partial charge in [-0.1, -0.05) is 23.7 Å². The minimum absolute atomic E-state index is 0.497. The van der Waals surface area contributed by atoms with E-state index in [1.54, 1.807) is 0 Å². The standard InChI is InChI=1S/C21H35ClN6/c1-4-23-21(24-15-20-17-25(2)8-9-26(20)3)28-12-10-27(11-13-28)16-18-6-5-7-19(22)14-18/h5-7,14,20H,4,8-13,15-17H2,1-3H3,(H,23,24). The number of nitrogens with one attached hydrogen (secondary N) is 1. The normalized spacial score (nSPS) is 23.2. The van der Waals surface area contributed by atoms with Crippen molar-refractivity contribution < 1.29 is 0 Å². The molecular formula is C21H35ClN6. The first-order valence-corrected chi connectivity index (χ1v) is 10.8. The number of guanidine groups is 1. The number of hydrogen-bond acceptors (Lipinski definition) is 4. The predicted molar refractivity (Wildman–Crippen MR) is 118 cm³/mol. The van der Waals surface area contributed by atoms with Crippen molar-refractivity contribution in [2.24, 2.45) is 4.99 Å². The Hall–Kier alpha value is -1.34. The molecule has 2 heterocycles. The quantitative estimate of drug-likeness (QED) is 0.594. The zero-order valence-electron chi connectivity index (χ0n) is 17.6. The summed E-state index contributed by atoms with van der Waals surface area (Å²) >= 11 is 6.12. The number of rotatable bonds is 5. The van der Waals surface area contributed by atoms with Crippen LogP contribution < -0.4 is 5.32 Å². The van der Waals surface area contributed by atoms with E-state index in [4.69, 9.17) is 16.6 Å². The van der Waals surface area contributed by atoms with Gasteiger partial charge in [-0.15, -0.1) is 0 Å². The van der Waals surface area contributed by atoms with Crippen molar-refractivity contribution in [1.82, 2.24) is 24.9 Å². The predicted octanol–water partition coefficient (Wildman–Crippen LogP) is 1.67. The lowest BCUT2D eigenvalue weighted by molar-refractivity contribution is 0.119. The smallest absolute Gasteiger partial charge is 0.194 e. The molecule has 2 fully saturated rings. The second kappa shape index (κ2) is 10.4. The highest BCUT2D eigenvalue weighted by Crippen LogP contribution is 2.14. The average molecular weight is 407 g/mol. The molecule has 2 saturated heterocycles. The highest BCUT2D eigenvalue weighted by atomic mass is 35.5. The summed E-state index contributed by atoms with van der Waals surface area (Å²) in [5, 5.41) is 4.31. The largest absolute Gasteiger partial charge is 0.357 e. The van der Waals surface area contributed by atoms with E-state index >= 15 is 0 Å². The topological polar surface area (TPSA) is 37.4 Å². The number of piperazine rings is 2. The molecule has 6 nitrogen and oxygen atoms in total. The molecule has 0 aromatic heterocycles. The Bertz CT molecular complexity index is 644. The van der Waals surface area contributed by atoms with Crippen LogP contribution in [0.3, 0.4) is 0 Å². The molecule has 0 saturated carbocycles. The molecule has 0 amide bonds. The van der Waals surface area contributed by atoms with E-state index in [-0.39, 0.29) is 0 Å². The third-order valence-electron chi connectivity index (χ3n) is 5.73. The Morgan fingerprint density at radius 1 is 1.14 bits per heavy atom. The lowest BCUT2D eigenvalue weighted by Gasteiger charge is -2.38. The van der Waals surface area contributed by atoms with E-state index in [9.17, 15) is 0 Å². The number of hydrogen-bond donors (Lipinski definition) is 1. The molecule has 0 bridgehead atoms. The van der Waals surface area contributed by atoms with Crippen molar-refractivity contribution in [3.63, 3.8) is 0 Å². The van der Waals surface area contributed by atoms with Crippen LogP contribution in [-0.4, -0.2) is 105 Å². The molecule has 1 N–H and O–H groups in total. The molecule has 0 aliphatic carbocycles. The van der Waals surface area contributed by atoms with Gasteiger partial charge in [0.15, 0.2) is 5.96 Å². The second-order valence-corrected chi connectivity index (χ2v) is 8.42. The molecular weight excluding hydrogens is 372 g/mol. The molecule has 2 aliphatic rings. The highest BCUT2D eigenvalue weighted by molar-refractivity contribution is 6.30. The molecule has 7 heteroatoms. The molecule has 1 aromatic rings. The van der Waals surface area contributed by atoms with Gasteiger partial charge >= 0.3 is 0 Å². The molecule has 2 aliphatic heterocycles. The van der Waals surface area contributed by atoms with Crippen molar-refractivity contribution in [2.75, 3.05) is 73.0 Å². The molecule has 0 radical (unpaired) electrons. The van der Waals surface area contributed by atoms with E-state index in [1.807, 2.05) is 12.1 Å². The molecule has 1 unspecified atom stereocenters. The Morgan fingerprint density at radius 3 is 2.64 bits per heavy atom. The van der Waals surface area contributed by atoms with Crippen LogP contribution in [0, 0.1) is 0 Å². The fourth-order valence-corrected chi connectivity index (χ4v) is 4.14. The first kappa shape index (κ1) is 21.4. The second-order valence-electron chi connectivity index (χ2n) is 7.98. The summed E-state index contributed by atoms with van der Waals surface area (Å²) < 4.78 is 0. The number of benzene rings is 1. The van der Waals surface area contributed by atoms with Crippen molar-refractivity contribution in [3.05, 3.63) is 34.9 Å². The summed E-state index contributed by atoms with van der Waals surface area (Å²) in [4.78, 5) is 14.7. The van der Waals surface area contributed by atoms with Gasteiger partial charge < -0.3 is 15.1 Å². The van der Waals surface area contributed by atoms with Crippen LogP contribution in [-0.2, 0) is 6.54 Å². The molecule has 156 valence electrons. The van der Waals surface area contributed by atoms with Crippen molar-refractivity contribution >= 4 is 17.6 Å². The van der Waals surface area contributed by atoms with Gasteiger partial charge in [-0.25, -0.2) is 0 Å². The van der Waals surface area contributed by atoms with Crippen LogP contribution in [0.15, 0.2) is 29.3 Å². The minimum atomic E-state index is 0.497. The van der Waals surface area contributed by atoms with Crippen LogP contribution in [0.5, 0.6) is 0 Å². The van der Waals surface area contributed by atoms with Gasteiger partial charge in [-0.3, -0.25) is 14.8 Å². The summed E-state index contributed by atoms with van der Waals surface area (Å²) in [6.45, 7) is 12.3. The number of halogens is 1. The fraction of sp³-hybridized carbons (Fsp3) is 0.667. The van der Waals surface area contributed by atoms with Crippen molar-refractivity contribution in [1.29, 1.82) is 0 Å². The molecule has 28 heavy (non-hydrogen) atoms. The zero-order chi connectivity index (χ0) is 19.9. The van der Waals surface area contributed by atoms with E-state index in [0.29, 0.717) is 6.04 Å². The Morgan fingerprint density at radius 2 is 1.93 bits per heavy atom. The third-order valence-corrected chi connectivity index (χ3v) is 5.97. The van der Waals surface area contributed by atoms with Gasteiger partial charge in [0, 0.05) is 70.0 Å². The van der Waals surface area contributed by atoms with Gasteiger partial charge in [0.1, 0.15) is 0 Å². The van der Waals surface area contributed by atoms with Gasteiger partial charge in [-0.2, -0.15) is 0 Å². The Labute approximate surface area is 175 Å². The van der Waals surface area contributed by atoms with Crippen molar-refractivity contribution in [3.8, 4) is 0 Å². The zero-order valence-corrected chi connectivity index (χ0v) is 18.3. The monoisotopic (exact) mass is 406 g/mol. The molecule has 0 spiro atoms. The number of aliphatic imine (C=N–C) groups is 1. The summed E-state index contributed by atoms with van der Waals surface area (Å²) in [5.41, 5.74) is 1.28. The lowest BCUT2D eigenvalue weighted by Crippen LogP contribution is -2.54. The molecule has 3 rings (SSSR count). The maximum Gasteiger partial charge on any atom is 0.194 e. The maximum absolute atomic E-state index is 6.12. The van der Waals surface area contributed by atoms with Crippen LogP contribution in [0.4, 0.5) is 0 Å². The third kappa shape index (κ3) is 6.08. The highest BCUT2D eigenvalue weighted by Gasteiger charge is 2.23. The summed E-state index contributed by atoms with van der Waals surface area (Å²) in [6, 6.07) is 8.68. The van der Waals surface area contributed by atoms with Crippen LogP contribution >= 0.6 is 11.6 Å². The number of nitrogens with zero attached hydrogens (tertiary/aromatic N) is 5. The van der Waals surface area contributed by atoms with Gasteiger partial charge in [0.25, 0.3) is 0 Å². The summed E-state index contributed by atoms with van der Waals surface area (Å²) in [5.74, 6) is 1.06. The van der Waals surface area contributed by atoms with E-state index in [1.165, 1.54) is 5.56 Å². The van der Waals surface area contributed by atoms with Crippen molar-refractivity contribution in [2.45, 2.75) is 19.5 Å². The fourth-order valence-electron chi connectivity index (χ4n) is 3.93. The van der Waals surface area contributed by atoms with Gasteiger partial charge in [0.05, 0.1) is 6.54 Å². The van der Waals surface area contributed by atoms with E-state index in [2.05, 4.69) is 58.1 Å². The van der Waals surface area contributed by atoms with Gasteiger partial charge in [0.2, 0.25) is 0 Å². The first-order chi connectivity index (χ1) is 13.5. The van der Waals surface area contributed by atoms with Crippen LogP contribution in [0.1, 0.15) is 12.5 Å².